The number of carbonyl (C=O) groups is 1. The molecular formula is C20H25NO4. The van der Waals surface area contributed by atoms with Crippen molar-refractivity contribution in [3.63, 3.8) is 0 Å². The van der Waals surface area contributed by atoms with Crippen molar-refractivity contribution in [2.24, 2.45) is 0 Å². The third-order valence-corrected chi connectivity index (χ3v) is 4.82. The number of methoxy groups -OCH3 is 1. The minimum Gasteiger partial charge on any atom is -0.497 e. The van der Waals surface area contributed by atoms with Crippen molar-refractivity contribution in [2.45, 2.75) is 63.3 Å². The summed E-state index contributed by atoms with van der Waals surface area (Å²) in [7, 11) is 1.61. The first kappa shape index (κ1) is 17.6. The van der Waals surface area contributed by atoms with Crippen LogP contribution < -0.4 is 4.74 Å². The lowest BCUT2D eigenvalue weighted by molar-refractivity contribution is -0.0161. The standard InChI is InChI=1S/C20H25NO4/c1-14(2)25-19(22)21-16-7-8-17(21)13-20(23,12-16)10-9-15-5-4-6-18(11-15)24-3/h4-6,11,14,16-17,23H,7-8,12-13H2,1-3H3/t16-,17-/m1/s1. The fourth-order valence-corrected chi connectivity index (χ4v) is 3.78. The summed E-state index contributed by atoms with van der Waals surface area (Å²) in [5, 5.41) is 10.9. The lowest BCUT2D eigenvalue weighted by atomic mass is 9.86. The van der Waals surface area contributed by atoms with E-state index in [0.717, 1.165) is 24.2 Å². The van der Waals surface area contributed by atoms with E-state index in [4.69, 9.17) is 9.47 Å². The molecule has 5 heteroatoms. The first-order valence-corrected chi connectivity index (χ1v) is 8.79. The largest absolute Gasteiger partial charge is 0.497 e. The van der Waals surface area contributed by atoms with Gasteiger partial charge in [-0.3, -0.25) is 0 Å². The number of amides is 1. The maximum absolute atomic E-state index is 12.3. The molecule has 0 spiro atoms. The zero-order chi connectivity index (χ0) is 18.0. The Morgan fingerprint density at radius 2 is 2.00 bits per heavy atom. The first-order valence-electron chi connectivity index (χ1n) is 8.79. The second-order valence-corrected chi connectivity index (χ2v) is 7.15. The highest BCUT2D eigenvalue weighted by atomic mass is 16.6. The minimum atomic E-state index is -1.07. The molecule has 1 N–H and O–H groups in total. The lowest BCUT2D eigenvalue weighted by Gasteiger charge is -2.40. The van der Waals surface area contributed by atoms with Gasteiger partial charge >= 0.3 is 6.09 Å². The Labute approximate surface area is 148 Å². The van der Waals surface area contributed by atoms with E-state index < -0.39 is 5.60 Å². The first-order chi connectivity index (χ1) is 11.9. The summed E-state index contributed by atoms with van der Waals surface area (Å²) in [6.45, 7) is 3.69. The van der Waals surface area contributed by atoms with Crippen LogP contribution in [0.25, 0.3) is 0 Å². The van der Waals surface area contributed by atoms with Crippen molar-refractivity contribution in [1.29, 1.82) is 0 Å². The number of piperidine rings is 1. The molecule has 2 saturated heterocycles. The molecule has 134 valence electrons. The molecular weight excluding hydrogens is 318 g/mol. The molecule has 2 heterocycles. The maximum Gasteiger partial charge on any atom is 0.410 e. The highest BCUT2D eigenvalue weighted by Gasteiger charge is 2.49. The third-order valence-electron chi connectivity index (χ3n) is 4.82. The van der Waals surface area contributed by atoms with Gasteiger partial charge in [-0.1, -0.05) is 17.9 Å². The number of rotatable bonds is 2. The van der Waals surface area contributed by atoms with Crippen molar-refractivity contribution in [3.8, 4) is 17.6 Å². The Kier molecular flexibility index (Phi) is 4.91. The van der Waals surface area contributed by atoms with Crippen molar-refractivity contribution >= 4 is 6.09 Å². The molecule has 25 heavy (non-hydrogen) atoms. The summed E-state index contributed by atoms with van der Waals surface area (Å²) >= 11 is 0. The quantitative estimate of drug-likeness (QED) is 0.839. The van der Waals surface area contributed by atoms with Gasteiger partial charge in [0.15, 0.2) is 0 Å². The zero-order valence-corrected chi connectivity index (χ0v) is 15.0. The van der Waals surface area contributed by atoms with E-state index in [2.05, 4.69) is 11.8 Å². The van der Waals surface area contributed by atoms with Crippen molar-refractivity contribution in [1.82, 2.24) is 4.90 Å². The Balaban J connectivity index is 1.74. The Morgan fingerprint density at radius 1 is 1.32 bits per heavy atom. The van der Waals surface area contributed by atoms with Crippen LogP contribution in [0.15, 0.2) is 24.3 Å². The predicted octanol–water partition coefficient (Wildman–Crippen LogP) is 2.95. The highest BCUT2D eigenvalue weighted by molar-refractivity contribution is 5.69. The lowest BCUT2D eigenvalue weighted by Crippen LogP contribution is -2.53. The summed E-state index contributed by atoms with van der Waals surface area (Å²) in [6.07, 6.45) is 2.30. The molecule has 5 nitrogen and oxygen atoms in total. The van der Waals surface area contributed by atoms with Crippen LogP contribution in [-0.4, -0.2) is 47.0 Å². The van der Waals surface area contributed by atoms with E-state index in [1.165, 1.54) is 0 Å². The molecule has 0 aromatic heterocycles. The fraction of sp³-hybridized carbons (Fsp3) is 0.550. The van der Waals surface area contributed by atoms with E-state index in [0.29, 0.717) is 12.8 Å². The number of hydrogen-bond donors (Lipinski definition) is 1. The van der Waals surface area contributed by atoms with Crippen molar-refractivity contribution in [3.05, 3.63) is 29.8 Å². The van der Waals surface area contributed by atoms with Crippen LogP contribution in [0.2, 0.25) is 0 Å². The zero-order valence-electron chi connectivity index (χ0n) is 15.0. The molecule has 0 unspecified atom stereocenters. The molecule has 0 radical (unpaired) electrons. The van der Waals surface area contributed by atoms with E-state index in [-0.39, 0.29) is 24.3 Å². The monoisotopic (exact) mass is 343 g/mol. The van der Waals surface area contributed by atoms with E-state index in [1.54, 1.807) is 7.11 Å². The molecule has 3 rings (SSSR count). The number of ether oxygens (including phenoxy) is 2. The second kappa shape index (κ2) is 6.97. The number of benzene rings is 1. The van der Waals surface area contributed by atoms with E-state index in [1.807, 2.05) is 43.0 Å². The molecule has 2 fully saturated rings. The minimum absolute atomic E-state index is 0.00499. The molecule has 1 aromatic rings. The molecule has 1 aromatic carbocycles. The van der Waals surface area contributed by atoms with Gasteiger partial charge in [-0.2, -0.15) is 0 Å². The number of aliphatic hydroxyl groups is 1. The van der Waals surface area contributed by atoms with Crippen molar-refractivity contribution in [2.75, 3.05) is 7.11 Å². The van der Waals surface area contributed by atoms with Gasteiger partial charge in [0.25, 0.3) is 0 Å². The Hall–Kier alpha value is -2.19. The van der Waals surface area contributed by atoms with Gasteiger partial charge in [0, 0.05) is 30.5 Å². The molecule has 2 aliphatic heterocycles. The predicted molar refractivity (Wildman–Crippen MR) is 94.3 cm³/mol. The Morgan fingerprint density at radius 3 is 2.60 bits per heavy atom. The summed E-state index contributed by atoms with van der Waals surface area (Å²) < 4.78 is 10.5. The topological polar surface area (TPSA) is 59.0 Å². The van der Waals surface area contributed by atoms with Crippen LogP contribution in [0, 0.1) is 11.8 Å². The number of hydrogen-bond acceptors (Lipinski definition) is 4. The van der Waals surface area contributed by atoms with Gasteiger partial charge in [-0.25, -0.2) is 4.79 Å². The van der Waals surface area contributed by atoms with Crippen LogP contribution in [0.4, 0.5) is 4.79 Å². The molecule has 2 bridgehead atoms. The SMILES string of the molecule is COc1cccc(C#CC2(O)C[C@H]3CC[C@H](C2)N3C(=O)OC(C)C)c1. The van der Waals surface area contributed by atoms with Crippen LogP contribution in [-0.2, 0) is 4.74 Å². The average Bonchev–Trinajstić information content (AvgIpc) is 2.86. The highest BCUT2D eigenvalue weighted by Crippen LogP contribution is 2.41. The molecule has 0 aliphatic carbocycles. The summed E-state index contributed by atoms with van der Waals surface area (Å²) in [4.78, 5) is 14.1. The van der Waals surface area contributed by atoms with Crippen LogP contribution in [0.1, 0.15) is 45.1 Å². The summed E-state index contributed by atoms with van der Waals surface area (Å²) in [5.41, 5.74) is -0.259. The molecule has 2 atom stereocenters. The van der Waals surface area contributed by atoms with Gasteiger partial charge in [-0.05, 0) is 44.9 Å². The molecule has 0 saturated carbocycles. The van der Waals surface area contributed by atoms with Crippen LogP contribution in [0.5, 0.6) is 5.75 Å². The average molecular weight is 343 g/mol. The van der Waals surface area contributed by atoms with E-state index in [9.17, 15) is 9.90 Å². The summed E-state index contributed by atoms with van der Waals surface area (Å²) in [6, 6.07) is 7.46. The fourth-order valence-electron chi connectivity index (χ4n) is 3.78. The van der Waals surface area contributed by atoms with Crippen LogP contribution in [0.3, 0.4) is 0 Å². The molecule has 2 aliphatic rings. The second-order valence-electron chi connectivity index (χ2n) is 7.15. The van der Waals surface area contributed by atoms with Crippen molar-refractivity contribution < 1.29 is 19.4 Å². The van der Waals surface area contributed by atoms with Crippen LogP contribution >= 0.6 is 0 Å². The number of carbonyl (C=O) groups excluding carboxylic acids is 1. The normalized spacial score (nSPS) is 27.6. The molecule has 1 amide bonds. The van der Waals surface area contributed by atoms with Gasteiger partial charge < -0.3 is 19.5 Å². The van der Waals surface area contributed by atoms with Gasteiger partial charge in [-0.15, -0.1) is 0 Å². The third kappa shape index (κ3) is 3.91. The van der Waals surface area contributed by atoms with Gasteiger partial charge in [0.05, 0.1) is 13.2 Å². The van der Waals surface area contributed by atoms with Gasteiger partial charge in [0.2, 0.25) is 0 Å². The smallest absolute Gasteiger partial charge is 0.410 e. The summed E-state index contributed by atoms with van der Waals surface area (Å²) in [5.74, 6) is 6.84. The van der Waals surface area contributed by atoms with E-state index >= 15 is 0 Å². The number of nitrogens with zero attached hydrogens (tertiary/aromatic N) is 1. The number of fused-ring (bicyclic) bond motifs is 2. The maximum atomic E-state index is 12.3. The van der Waals surface area contributed by atoms with Gasteiger partial charge in [0.1, 0.15) is 11.4 Å². The Bertz CT molecular complexity index is 689.